The quantitative estimate of drug-likeness (QED) is 0.829. The first-order valence-electron chi connectivity index (χ1n) is 6.26. The van der Waals surface area contributed by atoms with Gasteiger partial charge in [0.05, 0.1) is 19.6 Å². The van der Waals surface area contributed by atoms with Crippen LogP contribution in [0.25, 0.3) is 0 Å². The molecule has 0 unspecified atom stereocenters. The van der Waals surface area contributed by atoms with Crippen LogP contribution in [0.4, 0.5) is 0 Å². The molecule has 2 aromatic rings. The average molecular weight is 290 g/mol. The summed E-state index contributed by atoms with van der Waals surface area (Å²) in [6, 6.07) is 7.71. The Bertz CT molecular complexity index is 582. The summed E-state index contributed by atoms with van der Waals surface area (Å²) in [6.07, 6.45) is 3.43. The van der Waals surface area contributed by atoms with E-state index in [1.807, 2.05) is 31.3 Å². The Morgan fingerprint density at radius 3 is 2.75 bits per heavy atom. The highest BCUT2D eigenvalue weighted by molar-refractivity contribution is 7.80. The SMILES string of the molecule is COc1ccc(C(N)=S)cc1CN(C)Cc1ccoc1. The van der Waals surface area contributed by atoms with Crippen LogP contribution in [0, 0.1) is 0 Å². The molecule has 5 heteroatoms. The predicted octanol–water partition coefficient (Wildman–Crippen LogP) is 2.55. The number of hydrogen-bond donors (Lipinski definition) is 1. The van der Waals surface area contributed by atoms with Gasteiger partial charge in [0.2, 0.25) is 0 Å². The van der Waals surface area contributed by atoms with Gasteiger partial charge in [0.25, 0.3) is 0 Å². The third kappa shape index (κ3) is 3.59. The second-order valence-corrected chi connectivity index (χ2v) is 5.13. The van der Waals surface area contributed by atoms with E-state index in [0.29, 0.717) is 4.99 Å². The fourth-order valence-electron chi connectivity index (χ4n) is 2.10. The Hall–Kier alpha value is -1.85. The summed E-state index contributed by atoms with van der Waals surface area (Å²) in [6.45, 7) is 1.54. The molecule has 0 saturated heterocycles. The maximum absolute atomic E-state index is 5.68. The largest absolute Gasteiger partial charge is 0.496 e. The van der Waals surface area contributed by atoms with E-state index in [4.69, 9.17) is 27.1 Å². The number of furan rings is 1. The van der Waals surface area contributed by atoms with Crippen molar-refractivity contribution in [3.63, 3.8) is 0 Å². The molecule has 0 spiro atoms. The van der Waals surface area contributed by atoms with Crippen molar-refractivity contribution in [2.45, 2.75) is 13.1 Å². The Morgan fingerprint density at radius 1 is 1.35 bits per heavy atom. The van der Waals surface area contributed by atoms with E-state index in [1.54, 1.807) is 19.6 Å². The van der Waals surface area contributed by atoms with Crippen molar-refractivity contribution in [2.75, 3.05) is 14.2 Å². The Morgan fingerprint density at radius 2 is 2.15 bits per heavy atom. The molecule has 0 aliphatic rings. The molecule has 106 valence electrons. The Balaban J connectivity index is 2.14. The molecule has 0 bridgehead atoms. The van der Waals surface area contributed by atoms with Crippen LogP contribution in [0.15, 0.2) is 41.2 Å². The van der Waals surface area contributed by atoms with Gasteiger partial charge in [-0.25, -0.2) is 0 Å². The normalized spacial score (nSPS) is 10.8. The van der Waals surface area contributed by atoms with Crippen LogP contribution in [0.3, 0.4) is 0 Å². The van der Waals surface area contributed by atoms with Gasteiger partial charge in [-0.15, -0.1) is 0 Å². The van der Waals surface area contributed by atoms with Gasteiger partial charge in [-0.1, -0.05) is 12.2 Å². The Kier molecular flexibility index (Phi) is 4.76. The number of methoxy groups -OCH3 is 1. The van der Waals surface area contributed by atoms with E-state index in [-0.39, 0.29) is 0 Å². The number of thiocarbonyl (C=S) groups is 1. The third-order valence-electron chi connectivity index (χ3n) is 3.04. The van der Waals surface area contributed by atoms with Crippen molar-refractivity contribution in [3.05, 3.63) is 53.5 Å². The molecule has 1 aromatic carbocycles. The number of nitrogens with zero attached hydrogens (tertiary/aromatic N) is 1. The van der Waals surface area contributed by atoms with Gasteiger partial charge in [0, 0.05) is 29.8 Å². The van der Waals surface area contributed by atoms with Gasteiger partial charge in [0.15, 0.2) is 0 Å². The molecule has 0 amide bonds. The first kappa shape index (κ1) is 14.6. The number of nitrogens with two attached hydrogens (primary N) is 1. The molecule has 0 saturated carbocycles. The highest BCUT2D eigenvalue weighted by Crippen LogP contribution is 2.22. The molecule has 20 heavy (non-hydrogen) atoms. The lowest BCUT2D eigenvalue weighted by atomic mass is 10.1. The summed E-state index contributed by atoms with van der Waals surface area (Å²) in [4.78, 5) is 2.57. The zero-order valence-electron chi connectivity index (χ0n) is 11.6. The smallest absolute Gasteiger partial charge is 0.123 e. The number of rotatable bonds is 6. The van der Waals surface area contributed by atoms with Gasteiger partial charge in [-0.3, -0.25) is 4.90 Å². The van der Waals surface area contributed by atoms with E-state index in [1.165, 1.54) is 0 Å². The highest BCUT2D eigenvalue weighted by Gasteiger charge is 2.09. The standard InChI is InChI=1S/C15H18N2O2S/c1-17(8-11-5-6-19-10-11)9-13-7-12(15(16)20)3-4-14(13)18-2/h3-7,10H,8-9H2,1-2H3,(H2,16,20). The number of hydrogen-bond acceptors (Lipinski definition) is 4. The molecule has 1 aromatic heterocycles. The van der Waals surface area contributed by atoms with Crippen LogP contribution in [-0.4, -0.2) is 24.0 Å². The van der Waals surface area contributed by atoms with Gasteiger partial charge in [0.1, 0.15) is 10.7 Å². The van der Waals surface area contributed by atoms with Crippen LogP contribution >= 0.6 is 12.2 Å². The lowest BCUT2D eigenvalue weighted by Crippen LogP contribution is -2.18. The lowest BCUT2D eigenvalue weighted by Gasteiger charge is -2.18. The van der Waals surface area contributed by atoms with E-state index >= 15 is 0 Å². The van der Waals surface area contributed by atoms with E-state index < -0.39 is 0 Å². The topological polar surface area (TPSA) is 51.6 Å². The van der Waals surface area contributed by atoms with Crippen molar-refractivity contribution >= 4 is 17.2 Å². The zero-order chi connectivity index (χ0) is 14.5. The molecule has 4 nitrogen and oxygen atoms in total. The van der Waals surface area contributed by atoms with Crippen molar-refractivity contribution in [1.29, 1.82) is 0 Å². The fourth-order valence-corrected chi connectivity index (χ4v) is 2.22. The molecule has 2 N–H and O–H groups in total. The van der Waals surface area contributed by atoms with Crippen LogP contribution < -0.4 is 10.5 Å². The van der Waals surface area contributed by atoms with Crippen LogP contribution in [0.5, 0.6) is 5.75 Å². The summed E-state index contributed by atoms with van der Waals surface area (Å²) in [7, 11) is 3.70. The molecule has 0 atom stereocenters. The summed E-state index contributed by atoms with van der Waals surface area (Å²) in [5.41, 5.74) is 8.73. The van der Waals surface area contributed by atoms with Gasteiger partial charge >= 0.3 is 0 Å². The van der Waals surface area contributed by atoms with Crippen molar-refractivity contribution in [3.8, 4) is 5.75 Å². The minimum absolute atomic E-state index is 0.395. The summed E-state index contributed by atoms with van der Waals surface area (Å²) >= 11 is 5.02. The van der Waals surface area contributed by atoms with Crippen molar-refractivity contribution in [2.24, 2.45) is 5.73 Å². The van der Waals surface area contributed by atoms with E-state index in [0.717, 1.165) is 35.5 Å². The molecule has 2 rings (SSSR count). The van der Waals surface area contributed by atoms with Crippen LogP contribution in [0.2, 0.25) is 0 Å². The van der Waals surface area contributed by atoms with Crippen molar-refractivity contribution in [1.82, 2.24) is 4.90 Å². The number of ether oxygens (including phenoxy) is 1. The summed E-state index contributed by atoms with van der Waals surface area (Å²) < 4.78 is 10.5. The highest BCUT2D eigenvalue weighted by atomic mass is 32.1. The fraction of sp³-hybridized carbons (Fsp3) is 0.267. The van der Waals surface area contributed by atoms with Crippen molar-refractivity contribution < 1.29 is 9.15 Å². The van der Waals surface area contributed by atoms with Gasteiger partial charge < -0.3 is 14.9 Å². The molecule has 0 radical (unpaired) electrons. The second-order valence-electron chi connectivity index (χ2n) is 4.69. The maximum Gasteiger partial charge on any atom is 0.123 e. The van der Waals surface area contributed by atoms with Gasteiger partial charge in [-0.2, -0.15) is 0 Å². The molecule has 0 aliphatic heterocycles. The van der Waals surface area contributed by atoms with E-state index in [9.17, 15) is 0 Å². The Labute approximate surface area is 124 Å². The minimum Gasteiger partial charge on any atom is -0.496 e. The molecule has 1 heterocycles. The molecule has 0 fully saturated rings. The van der Waals surface area contributed by atoms with E-state index in [2.05, 4.69) is 4.90 Å². The average Bonchev–Trinajstić information content (AvgIpc) is 2.91. The van der Waals surface area contributed by atoms with Crippen LogP contribution in [-0.2, 0) is 13.1 Å². The zero-order valence-corrected chi connectivity index (χ0v) is 12.4. The summed E-state index contributed by atoms with van der Waals surface area (Å²) in [5, 5.41) is 0. The monoisotopic (exact) mass is 290 g/mol. The first-order valence-corrected chi connectivity index (χ1v) is 6.67. The second kappa shape index (κ2) is 6.54. The molecule has 0 aliphatic carbocycles. The maximum atomic E-state index is 5.68. The van der Waals surface area contributed by atoms with Crippen LogP contribution in [0.1, 0.15) is 16.7 Å². The third-order valence-corrected chi connectivity index (χ3v) is 3.27. The molecular formula is C15H18N2O2S. The predicted molar refractivity (Wildman–Crippen MR) is 82.8 cm³/mol. The number of benzene rings is 1. The molecular weight excluding hydrogens is 272 g/mol. The summed E-state index contributed by atoms with van der Waals surface area (Å²) in [5.74, 6) is 0.837. The minimum atomic E-state index is 0.395. The first-order chi connectivity index (χ1) is 9.60. The lowest BCUT2D eigenvalue weighted by molar-refractivity contribution is 0.309. The van der Waals surface area contributed by atoms with Gasteiger partial charge in [-0.05, 0) is 31.3 Å².